The molecule has 1 unspecified atom stereocenters. The number of carbonyl (C=O) groups is 2. The number of benzene rings is 2. The van der Waals surface area contributed by atoms with E-state index in [1.54, 1.807) is 43.4 Å². The van der Waals surface area contributed by atoms with Gasteiger partial charge in [-0.05, 0) is 61.2 Å². The monoisotopic (exact) mass is 367 g/mol. The minimum atomic E-state index is -0.365. The second-order valence-electron chi connectivity index (χ2n) is 6.69. The first-order valence-corrected chi connectivity index (χ1v) is 9.23. The van der Waals surface area contributed by atoms with Crippen molar-refractivity contribution < 1.29 is 19.1 Å². The molecule has 1 aliphatic rings. The van der Waals surface area contributed by atoms with E-state index in [0.717, 1.165) is 24.2 Å². The Morgan fingerprint density at radius 2 is 1.78 bits per heavy atom. The van der Waals surface area contributed by atoms with Crippen LogP contribution in [0.5, 0.6) is 11.5 Å². The van der Waals surface area contributed by atoms with Gasteiger partial charge in [0, 0.05) is 18.5 Å². The van der Waals surface area contributed by atoms with E-state index in [0.29, 0.717) is 30.7 Å². The Kier molecular flexibility index (Phi) is 6.12. The topological polar surface area (TPSA) is 55.8 Å². The van der Waals surface area contributed by atoms with Crippen molar-refractivity contribution in [2.75, 3.05) is 20.8 Å². The van der Waals surface area contributed by atoms with Gasteiger partial charge in [0.15, 0.2) is 5.78 Å². The van der Waals surface area contributed by atoms with Crippen LogP contribution in [0.25, 0.3) is 0 Å². The van der Waals surface area contributed by atoms with Gasteiger partial charge in [0.25, 0.3) is 0 Å². The van der Waals surface area contributed by atoms with E-state index < -0.39 is 0 Å². The number of hydrogen-bond donors (Lipinski definition) is 0. The molecule has 142 valence electrons. The van der Waals surface area contributed by atoms with Crippen LogP contribution in [0.2, 0.25) is 0 Å². The maximum Gasteiger partial charge on any atom is 0.223 e. The van der Waals surface area contributed by atoms with E-state index in [9.17, 15) is 9.59 Å². The summed E-state index contributed by atoms with van der Waals surface area (Å²) in [5.41, 5.74) is 1.67. The fraction of sp³-hybridized carbons (Fsp3) is 0.364. The summed E-state index contributed by atoms with van der Waals surface area (Å²) in [4.78, 5) is 27.4. The van der Waals surface area contributed by atoms with Crippen molar-refractivity contribution in [3.05, 3.63) is 59.7 Å². The van der Waals surface area contributed by atoms with E-state index >= 15 is 0 Å². The van der Waals surface area contributed by atoms with Crippen LogP contribution >= 0.6 is 0 Å². The number of amides is 1. The standard InChI is InChI=1S/C22H25NO4/c1-26-18-11-9-17(10-12-18)22(25)20-7-4-14-23(20)21(24)13-8-16-5-3-6-19(15-16)27-2/h3,5-6,9-12,15,20H,4,7-8,13-14H2,1-2H3. The Labute approximate surface area is 159 Å². The van der Waals surface area contributed by atoms with Crippen molar-refractivity contribution in [3.8, 4) is 11.5 Å². The molecule has 0 N–H and O–H groups in total. The fourth-order valence-corrected chi connectivity index (χ4v) is 3.51. The quantitative estimate of drug-likeness (QED) is 0.703. The van der Waals surface area contributed by atoms with E-state index in [1.165, 1.54) is 0 Å². The Morgan fingerprint density at radius 1 is 1.04 bits per heavy atom. The van der Waals surface area contributed by atoms with E-state index in [4.69, 9.17) is 9.47 Å². The first-order valence-electron chi connectivity index (χ1n) is 9.23. The third kappa shape index (κ3) is 4.48. The van der Waals surface area contributed by atoms with Crippen LogP contribution in [0.4, 0.5) is 0 Å². The summed E-state index contributed by atoms with van der Waals surface area (Å²) < 4.78 is 10.4. The van der Waals surface area contributed by atoms with Crippen molar-refractivity contribution in [3.63, 3.8) is 0 Å². The number of ketones is 1. The lowest BCUT2D eigenvalue weighted by Gasteiger charge is -2.24. The lowest BCUT2D eigenvalue weighted by molar-refractivity contribution is -0.131. The molecule has 1 atom stereocenters. The highest BCUT2D eigenvalue weighted by molar-refractivity contribution is 6.02. The Balaban J connectivity index is 1.63. The number of rotatable bonds is 7. The van der Waals surface area contributed by atoms with Gasteiger partial charge in [-0.3, -0.25) is 9.59 Å². The summed E-state index contributed by atoms with van der Waals surface area (Å²) in [6.45, 7) is 0.642. The summed E-state index contributed by atoms with van der Waals surface area (Å²) in [5.74, 6) is 1.53. The lowest BCUT2D eigenvalue weighted by atomic mass is 10.0. The number of nitrogens with zero attached hydrogens (tertiary/aromatic N) is 1. The number of ether oxygens (including phenoxy) is 2. The smallest absolute Gasteiger partial charge is 0.223 e. The van der Waals surface area contributed by atoms with Crippen molar-refractivity contribution in [1.29, 1.82) is 0 Å². The predicted molar refractivity (Wildman–Crippen MR) is 103 cm³/mol. The Morgan fingerprint density at radius 3 is 2.48 bits per heavy atom. The zero-order chi connectivity index (χ0) is 19.2. The highest BCUT2D eigenvalue weighted by Gasteiger charge is 2.34. The summed E-state index contributed by atoms with van der Waals surface area (Å²) >= 11 is 0. The second kappa shape index (κ2) is 8.71. The average molecular weight is 367 g/mol. The zero-order valence-electron chi connectivity index (χ0n) is 15.8. The number of aryl methyl sites for hydroxylation is 1. The van der Waals surface area contributed by atoms with Crippen molar-refractivity contribution in [2.45, 2.75) is 31.7 Å². The zero-order valence-corrected chi connectivity index (χ0v) is 15.8. The number of likely N-dealkylation sites (tertiary alicyclic amines) is 1. The second-order valence-corrected chi connectivity index (χ2v) is 6.69. The molecular weight excluding hydrogens is 342 g/mol. The molecule has 1 heterocycles. The number of Topliss-reactive ketones (excluding diaryl/α,β-unsaturated/α-hetero) is 1. The molecule has 0 aliphatic carbocycles. The first kappa shape index (κ1) is 19.0. The predicted octanol–water partition coefficient (Wildman–Crippen LogP) is 3.51. The minimum Gasteiger partial charge on any atom is -0.497 e. The van der Waals surface area contributed by atoms with Crippen LogP contribution in [-0.4, -0.2) is 43.4 Å². The van der Waals surface area contributed by atoms with Gasteiger partial charge in [0.1, 0.15) is 11.5 Å². The van der Waals surface area contributed by atoms with Gasteiger partial charge in [-0.25, -0.2) is 0 Å². The van der Waals surface area contributed by atoms with Crippen molar-refractivity contribution in [2.24, 2.45) is 0 Å². The molecule has 0 radical (unpaired) electrons. The molecule has 1 amide bonds. The summed E-state index contributed by atoms with van der Waals surface area (Å²) in [6, 6.07) is 14.4. The van der Waals surface area contributed by atoms with E-state index in [2.05, 4.69) is 0 Å². The van der Waals surface area contributed by atoms with Crippen molar-refractivity contribution >= 4 is 11.7 Å². The molecule has 0 spiro atoms. The minimum absolute atomic E-state index is 0.00452. The van der Waals surface area contributed by atoms with Gasteiger partial charge in [-0.2, -0.15) is 0 Å². The third-order valence-electron chi connectivity index (χ3n) is 5.01. The molecule has 5 nitrogen and oxygen atoms in total. The van der Waals surface area contributed by atoms with Gasteiger partial charge in [0.05, 0.1) is 20.3 Å². The van der Waals surface area contributed by atoms with Gasteiger partial charge in [0.2, 0.25) is 5.91 Å². The lowest BCUT2D eigenvalue weighted by Crippen LogP contribution is -2.40. The largest absolute Gasteiger partial charge is 0.497 e. The van der Waals surface area contributed by atoms with Crippen LogP contribution in [0, 0.1) is 0 Å². The average Bonchev–Trinajstić information content (AvgIpc) is 3.21. The van der Waals surface area contributed by atoms with Crippen molar-refractivity contribution in [1.82, 2.24) is 4.90 Å². The molecule has 1 saturated heterocycles. The Bertz CT molecular complexity index is 800. The van der Waals surface area contributed by atoms with Gasteiger partial charge in [-0.15, -0.1) is 0 Å². The summed E-state index contributed by atoms with van der Waals surface area (Å²) in [6.07, 6.45) is 2.60. The fourth-order valence-electron chi connectivity index (χ4n) is 3.51. The van der Waals surface area contributed by atoms with Crippen LogP contribution in [-0.2, 0) is 11.2 Å². The van der Waals surface area contributed by atoms with Crippen LogP contribution in [0.3, 0.4) is 0 Å². The molecule has 1 aliphatic heterocycles. The van der Waals surface area contributed by atoms with Gasteiger partial charge in [-0.1, -0.05) is 12.1 Å². The highest BCUT2D eigenvalue weighted by Crippen LogP contribution is 2.24. The molecule has 2 aromatic carbocycles. The molecule has 0 aromatic heterocycles. The Hall–Kier alpha value is -2.82. The van der Waals surface area contributed by atoms with E-state index in [1.807, 2.05) is 24.3 Å². The first-order chi connectivity index (χ1) is 13.1. The molecule has 27 heavy (non-hydrogen) atoms. The molecule has 1 fully saturated rings. The third-order valence-corrected chi connectivity index (χ3v) is 5.01. The van der Waals surface area contributed by atoms with Crippen LogP contribution < -0.4 is 9.47 Å². The normalized spacial score (nSPS) is 16.2. The summed E-state index contributed by atoms with van der Waals surface area (Å²) in [5, 5.41) is 0. The van der Waals surface area contributed by atoms with Crippen LogP contribution in [0.1, 0.15) is 35.2 Å². The molecule has 3 rings (SSSR count). The van der Waals surface area contributed by atoms with Gasteiger partial charge < -0.3 is 14.4 Å². The molecular formula is C22H25NO4. The number of carbonyl (C=O) groups excluding carboxylic acids is 2. The number of hydrogen-bond acceptors (Lipinski definition) is 4. The van der Waals surface area contributed by atoms with Gasteiger partial charge >= 0.3 is 0 Å². The molecule has 0 saturated carbocycles. The summed E-state index contributed by atoms with van der Waals surface area (Å²) in [7, 11) is 3.22. The maximum atomic E-state index is 12.9. The highest BCUT2D eigenvalue weighted by atomic mass is 16.5. The maximum absolute atomic E-state index is 12.9. The molecule has 5 heteroatoms. The molecule has 2 aromatic rings. The number of methoxy groups -OCH3 is 2. The van der Waals surface area contributed by atoms with E-state index in [-0.39, 0.29) is 17.7 Å². The molecule has 0 bridgehead atoms. The SMILES string of the molecule is COc1ccc(C(=O)C2CCCN2C(=O)CCc2cccc(OC)c2)cc1. The van der Waals surface area contributed by atoms with Crippen LogP contribution in [0.15, 0.2) is 48.5 Å².